The first-order chi connectivity index (χ1) is 14.6. The summed E-state index contributed by atoms with van der Waals surface area (Å²) in [5.74, 6) is 1.26. The van der Waals surface area contributed by atoms with E-state index in [1.165, 1.54) is 12.5 Å². The highest BCUT2D eigenvalue weighted by molar-refractivity contribution is 5.69. The summed E-state index contributed by atoms with van der Waals surface area (Å²) in [5, 5.41) is 23.5. The molecule has 4 aromatic rings. The molecule has 3 aromatic heterocycles. The third-order valence-corrected chi connectivity index (χ3v) is 4.48. The second-order valence-electron chi connectivity index (χ2n) is 6.48. The highest BCUT2D eigenvalue weighted by atomic mass is 16.5. The number of aliphatic hydroxyl groups excluding tert-OH is 1. The zero-order valence-corrected chi connectivity index (χ0v) is 16.1. The van der Waals surface area contributed by atoms with E-state index in [1.54, 1.807) is 54.3 Å². The fourth-order valence-corrected chi connectivity index (χ4v) is 2.90. The Kier molecular flexibility index (Phi) is 5.26. The molecule has 0 amide bonds. The Morgan fingerprint density at radius 2 is 2.10 bits per heavy atom. The van der Waals surface area contributed by atoms with E-state index in [4.69, 9.17) is 14.9 Å². The molecule has 1 unspecified atom stereocenters. The van der Waals surface area contributed by atoms with E-state index >= 15 is 0 Å². The standard InChI is InChI=1S/C21H18N6O3/c1-27-20(9-17(26-27)21-24-6-7-29-21)30-19-8-13(10-22)2-4-15(19)16-5-3-14(12-25-16)18(28)11-23/h2-9,12,18,28H,11,23H2,1H3. The van der Waals surface area contributed by atoms with Crippen molar-refractivity contribution in [3.63, 3.8) is 0 Å². The van der Waals surface area contributed by atoms with Crippen LogP contribution in [0, 0.1) is 11.3 Å². The van der Waals surface area contributed by atoms with E-state index in [-0.39, 0.29) is 6.54 Å². The lowest BCUT2D eigenvalue weighted by Gasteiger charge is -2.12. The number of rotatable bonds is 6. The number of nitrogens with two attached hydrogens (primary N) is 1. The molecule has 0 bridgehead atoms. The van der Waals surface area contributed by atoms with Gasteiger partial charge in [0.1, 0.15) is 12.0 Å². The van der Waals surface area contributed by atoms with Gasteiger partial charge in [-0.15, -0.1) is 0 Å². The second kappa shape index (κ2) is 8.16. The van der Waals surface area contributed by atoms with Crippen molar-refractivity contribution in [3.8, 4) is 40.5 Å². The Morgan fingerprint density at radius 1 is 1.23 bits per heavy atom. The molecule has 0 fully saturated rings. The average molecular weight is 402 g/mol. The molecule has 9 heteroatoms. The van der Waals surface area contributed by atoms with Crippen molar-refractivity contribution >= 4 is 0 Å². The van der Waals surface area contributed by atoms with E-state index in [1.807, 2.05) is 0 Å². The minimum atomic E-state index is -0.772. The van der Waals surface area contributed by atoms with Gasteiger partial charge < -0.3 is 20.0 Å². The molecule has 0 saturated heterocycles. The first-order valence-electron chi connectivity index (χ1n) is 9.09. The number of benzene rings is 1. The minimum absolute atomic E-state index is 0.111. The number of hydrogen-bond acceptors (Lipinski definition) is 8. The largest absolute Gasteiger partial charge is 0.443 e. The van der Waals surface area contributed by atoms with Crippen molar-refractivity contribution in [2.45, 2.75) is 6.10 Å². The molecule has 0 aliphatic carbocycles. The second-order valence-corrected chi connectivity index (χ2v) is 6.48. The lowest BCUT2D eigenvalue weighted by Crippen LogP contribution is -2.11. The third kappa shape index (κ3) is 3.77. The molecule has 3 heterocycles. The van der Waals surface area contributed by atoms with Crippen molar-refractivity contribution < 1.29 is 14.3 Å². The number of nitriles is 1. The van der Waals surface area contributed by atoms with Gasteiger partial charge in [0.15, 0.2) is 5.69 Å². The van der Waals surface area contributed by atoms with E-state index in [0.29, 0.717) is 45.6 Å². The minimum Gasteiger partial charge on any atom is -0.443 e. The summed E-state index contributed by atoms with van der Waals surface area (Å²) >= 11 is 0. The van der Waals surface area contributed by atoms with Crippen LogP contribution in [-0.4, -0.2) is 31.4 Å². The van der Waals surface area contributed by atoms with E-state index in [0.717, 1.165) is 0 Å². The molecule has 150 valence electrons. The lowest BCUT2D eigenvalue weighted by molar-refractivity contribution is 0.186. The highest BCUT2D eigenvalue weighted by Crippen LogP contribution is 2.34. The monoisotopic (exact) mass is 402 g/mol. The van der Waals surface area contributed by atoms with Gasteiger partial charge in [0.2, 0.25) is 11.8 Å². The van der Waals surface area contributed by atoms with Gasteiger partial charge in [-0.25, -0.2) is 9.67 Å². The maximum atomic E-state index is 9.87. The molecule has 30 heavy (non-hydrogen) atoms. The van der Waals surface area contributed by atoms with Gasteiger partial charge in [0.25, 0.3) is 0 Å². The van der Waals surface area contributed by atoms with Gasteiger partial charge in [-0.3, -0.25) is 4.98 Å². The van der Waals surface area contributed by atoms with E-state index in [9.17, 15) is 10.4 Å². The van der Waals surface area contributed by atoms with Crippen LogP contribution in [0.4, 0.5) is 0 Å². The van der Waals surface area contributed by atoms with Crippen LogP contribution in [0.5, 0.6) is 11.6 Å². The zero-order valence-electron chi connectivity index (χ0n) is 16.1. The number of hydrogen-bond donors (Lipinski definition) is 2. The number of aliphatic hydroxyl groups is 1. The van der Waals surface area contributed by atoms with Crippen molar-refractivity contribution in [1.29, 1.82) is 5.26 Å². The van der Waals surface area contributed by atoms with Gasteiger partial charge in [0.05, 0.1) is 29.6 Å². The molecular formula is C21H18N6O3. The molecule has 0 aliphatic heterocycles. The first kappa shape index (κ1) is 19.3. The number of aryl methyl sites for hydroxylation is 1. The van der Waals surface area contributed by atoms with Crippen LogP contribution < -0.4 is 10.5 Å². The van der Waals surface area contributed by atoms with Crippen molar-refractivity contribution in [1.82, 2.24) is 19.7 Å². The number of oxazole rings is 1. The van der Waals surface area contributed by atoms with Crippen LogP contribution in [0.3, 0.4) is 0 Å². The number of pyridine rings is 1. The Bertz CT molecular complexity index is 1190. The van der Waals surface area contributed by atoms with Crippen molar-refractivity contribution in [3.05, 3.63) is 66.2 Å². The number of nitrogens with zero attached hydrogens (tertiary/aromatic N) is 5. The first-order valence-corrected chi connectivity index (χ1v) is 9.09. The Labute approximate surface area is 172 Å². The van der Waals surface area contributed by atoms with Crippen molar-refractivity contribution in [2.24, 2.45) is 12.8 Å². The summed E-state index contributed by atoms with van der Waals surface area (Å²) in [6, 6.07) is 12.4. The molecule has 0 saturated carbocycles. The fourth-order valence-electron chi connectivity index (χ4n) is 2.90. The third-order valence-electron chi connectivity index (χ3n) is 4.48. The molecule has 0 spiro atoms. The number of aromatic nitrogens is 4. The predicted octanol–water partition coefficient (Wildman–Crippen LogP) is 2.79. The van der Waals surface area contributed by atoms with E-state index < -0.39 is 6.10 Å². The van der Waals surface area contributed by atoms with Gasteiger partial charge in [-0.2, -0.15) is 10.4 Å². The molecule has 0 radical (unpaired) electrons. The molecule has 9 nitrogen and oxygen atoms in total. The number of ether oxygens (including phenoxy) is 1. The highest BCUT2D eigenvalue weighted by Gasteiger charge is 2.16. The Morgan fingerprint density at radius 3 is 2.77 bits per heavy atom. The van der Waals surface area contributed by atoms with Gasteiger partial charge in [-0.05, 0) is 24.3 Å². The summed E-state index contributed by atoms with van der Waals surface area (Å²) < 4.78 is 12.9. The maximum absolute atomic E-state index is 9.87. The fraction of sp³-hybridized carbons (Fsp3) is 0.143. The summed E-state index contributed by atoms with van der Waals surface area (Å²) in [5.41, 5.74) is 8.39. The summed E-state index contributed by atoms with van der Waals surface area (Å²) in [4.78, 5) is 8.51. The lowest BCUT2D eigenvalue weighted by atomic mass is 10.1. The van der Waals surface area contributed by atoms with Crippen LogP contribution in [0.2, 0.25) is 0 Å². The van der Waals surface area contributed by atoms with Gasteiger partial charge in [-0.1, -0.05) is 6.07 Å². The molecule has 1 aromatic carbocycles. The SMILES string of the molecule is Cn1nc(-c2ncco2)cc1Oc1cc(C#N)ccc1-c1ccc(C(O)CN)cn1. The Hall–Kier alpha value is -4.00. The molecule has 4 rings (SSSR count). The average Bonchev–Trinajstić information content (AvgIpc) is 3.43. The quantitative estimate of drug-likeness (QED) is 0.502. The van der Waals surface area contributed by atoms with Crippen LogP contribution in [0.1, 0.15) is 17.2 Å². The van der Waals surface area contributed by atoms with Crippen molar-refractivity contribution in [2.75, 3.05) is 6.54 Å². The van der Waals surface area contributed by atoms with Crippen LogP contribution in [0.15, 0.2) is 59.5 Å². The smallest absolute Gasteiger partial charge is 0.247 e. The van der Waals surface area contributed by atoms with E-state index in [2.05, 4.69) is 21.1 Å². The summed E-state index contributed by atoms with van der Waals surface area (Å²) in [7, 11) is 1.73. The predicted molar refractivity (Wildman–Crippen MR) is 107 cm³/mol. The Balaban J connectivity index is 1.71. The topological polar surface area (TPSA) is 136 Å². The molecule has 0 aliphatic rings. The van der Waals surface area contributed by atoms with Gasteiger partial charge >= 0.3 is 0 Å². The van der Waals surface area contributed by atoms with Crippen LogP contribution >= 0.6 is 0 Å². The summed E-state index contributed by atoms with van der Waals surface area (Å²) in [6.07, 6.45) is 3.80. The maximum Gasteiger partial charge on any atom is 0.247 e. The summed E-state index contributed by atoms with van der Waals surface area (Å²) in [6.45, 7) is 0.111. The van der Waals surface area contributed by atoms with Crippen LogP contribution in [-0.2, 0) is 7.05 Å². The molecule has 1 atom stereocenters. The molecular weight excluding hydrogens is 384 g/mol. The van der Waals surface area contributed by atoms with Crippen LogP contribution in [0.25, 0.3) is 22.8 Å². The molecule has 3 N–H and O–H groups in total. The van der Waals surface area contributed by atoms with Gasteiger partial charge in [0, 0.05) is 37.0 Å². The zero-order chi connectivity index (χ0) is 21.1. The normalized spacial score (nSPS) is 11.8.